The van der Waals surface area contributed by atoms with Gasteiger partial charge < -0.3 is 15.2 Å². The van der Waals surface area contributed by atoms with Crippen LogP contribution in [0.5, 0.6) is 0 Å². The standard InChI is InChI=1S/C21H18F4N4O3/c1-11(21(23,24)25)27-20(32)18(30)17-9-14(16-4-2-3-7-29(16)17)19(31)28-13-5-6-15(22)12(8-13)10-26/h5-6,8-9,11H,2-4,7H2,1H3,(H,27,32)(H,28,31)/t11-/m0/s1. The molecular formula is C21H18F4N4O3. The van der Waals surface area contributed by atoms with Crippen molar-refractivity contribution in [2.24, 2.45) is 0 Å². The van der Waals surface area contributed by atoms with Gasteiger partial charge in [0.05, 0.1) is 16.8 Å². The Balaban J connectivity index is 1.89. The van der Waals surface area contributed by atoms with Crippen molar-refractivity contribution in [3.8, 4) is 6.07 Å². The lowest BCUT2D eigenvalue weighted by atomic mass is 10.1. The first-order valence-corrected chi connectivity index (χ1v) is 9.68. The van der Waals surface area contributed by atoms with Crippen molar-refractivity contribution in [3.63, 3.8) is 0 Å². The van der Waals surface area contributed by atoms with Gasteiger partial charge >= 0.3 is 6.18 Å². The van der Waals surface area contributed by atoms with Crippen LogP contribution in [0.1, 0.15) is 51.9 Å². The second-order valence-corrected chi connectivity index (χ2v) is 7.33. The molecule has 168 valence electrons. The fourth-order valence-corrected chi connectivity index (χ4v) is 3.41. The van der Waals surface area contributed by atoms with E-state index in [1.807, 2.05) is 0 Å². The maximum absolute atomic E-state index is 13.5. The Hall–Kier alpha value is -3.68. The van der Waals surface area contributed by atoms with Gasteiger partial charge in [-0.25, -0.2) is 4.39 Å². The third kappa shape index (κ3) is 4.64. The molecule has 2 amide bonds. The number of fused-ring (bicyclic) bond motifs is 1. The van der Waals surface area contributed by atoms with E-state index in [1.54, 1.807) is 11.4 Å². The number of amides is 2. The number of aromatic nitrogens is 1. The molecule has 0 saturated carbocycles. The van der Waals surface area contributed by atoms with Gasteiger partial charge in [0.15, 0.2) is 0 Å². The van der Waals surface area contributed by atoms with Gasteiger partial charge in [-0.1, -0.05) is 0 Å². The van der Waals surface area contributed by atoms with Crippen molar-refractivity contribution in [1.82, 2.24) is 9.88 Å². The average molecular weight is 450 g/mol. The van der Waals surface area contributed by atoms with E-state index in [1.165, 1.54) is 16.7 Å². The summed E-state index contributed by atoms with van der Waals surface area (Å²) in [4.78, 5) is 37.5. The molecule has 0 spiro atoms. The van der Waals surface area contributed by atoms with E-state index in [0.717, 1.165) is 19.1 Å². The molecule has 7 nitrogen and oxygen atoms in total. The van der Waals surface area contributed by atoms with Gasteiger partial charge in [0.25, 0.3) is 17.6 Å². The van der Waals surface area contributed by atoms with E-state index in [4.69, 9.17) is 5.26 Å². The number of nitriles is 1. The largest absolute Gasteiger partial charge is 0.408 e. The monoisotopic (exact) mass is 450 g/mol. The number of nitrogens with zero attached hydrogens (tertiary/aromatic N) is 2. The van der Waals surface area contributed by atoms with Gasteiger partial charge in [0, 0.05) is 17.9 Å². The molecule has 2 heterocycles. The van der Waals surface area contributed by atoms with Crippen molar-refractivity contribution in [1.29, 1.82) is 5.26 Å². The van der Waals surface area contributed by atoms with Gasteiger partial charge in [0.2, 0.25) is 0 Å². The van der Waals surface area contributed by atoms with Crippen LogP contribution < -0.4 is 10.6 Å². The molecule has 2 N–H and O–H groups in total. The summed E-state index contributed by atoms with van der Waals surface area (Å²) in [6.07, 6.45) is -2.92. The summed E-state index contributed by atoms with van der Waals surface area (Å²) in [5.74, 6) is -4.02. The summed E-state index contributed by atoms with van der Waals surface area (Å²) in [6, 6.07) is 4.03. The minimum Gasteiger partial charge on any atom is -0.341 e. The Kier molecular flexibility index (Phi) is 6.34. The number of rotatable bonds is 5. The summed E-state index contributed by atoms with van der Waals surface area (Å²) in [5, 5.41) is 13.1. The summed E-state index contributed by atoms with van der Waals surface area (Å²) in [7, 11) is 0. The molecule has 11 heteroatoms. The van der Waals surface area contributed by atoms with Crippen LogP contribution in [-0.4, -0.2) is 34.4 Å². The molecule has 1 aliphatic heterocycles. The second kappa shape index (κ2) is 8.82. The topological polar surface area (TPSA) is 104 Å². The fraction of sp³-hybridized carbons (Fsp3) is 0.333. The zero-order valence-corrected chi connectivity index (χ0v) is 16.8. The Morgan fingerprint density at radius 3 is 2.56 bits per heavy atom. The number of hydrogen-bond acceptors (Lipinski definition) is 4. The highest BCUT2D eigenvalue weighted by Gasteiger charge is 2.39. The molecule has 1 aromatic carbocycles. The van der Waals surface area contributed by atoms with Crippen LogP contribution in [0.25, 0.3) is 0 Å². The second-order valence-electron chi connectivity index (χ2n) is 7.33. The van der Waals surface area contributed by atoms with Gasteiger partial charge in [-0.2, -0.15) is 18.4 Å². The van der Waals surface area contributed by atoms with Crippen LogP contribution in [0, 0.1) is 17.1 Å². The number of Topliss-reactive ketones (excluding diaryl/α,β-unsaturated/α-hetero) is 1. The van der Waals surface area contributed by atoms with Crippen molar-refractivity contribution >= 4 is 23.3 Å². The first-order valence-electron chi connectivity index (χ1n) is 9.68. The maximum atomic E-state index is 13.5. The third-order valence-electron chi connectivity index (χ3n) is 5.12. The lowest BCUT2D eigenvalue weighted by molar-refractivity contribution is -0.156. The first kappa shape index (κ1) is 23.0. The molecule has 0 aliphatic carbocycles. The summed E-state index contributed by atoms with van der Waals surface area (Å²) >= 11 is 0. The van der Waals surface area contributed by atoms with Crippen LogP contribution in [0.2, 0.25) is 0 Å². The minimum atomic E-state index is -4.71. The molecule has 32 heavy (non-hydrogen) atoms. The van der Waals surface area contributed by atoms with E-state index >= 15 is 0 Å². The summed E-state index contributed by atoms with van der Waals surface area (Å²) < 4.78 is 53.1. The lowest BCUT2D eigenvalue weighted by Crippen LogP contribution is -2.46. The Labute approximate surface area is 180 Å². The zero-order valence-electron chi connectivity index (χ0n) is 16.8. The number of anilines is 1. The molecule has 1 aliphatic rings. The Bertz CT molecular complexity index is 1130. The van der Waals surface area contributed by atoms with Crippen LogP contribution in [0.3, 0.4) is 0 Å². The van der Waals surface area contributed by atoms with Crippen molar-refractivity contribution in [2.45, 2.75) is 44.9 Å². The zero-order chi connectivity index (χ0) is 23.6. The predicted octanol–water partition coefficient (Wildman–Crippen LogP) is 3.34. The van der Waals surface area contributed by atoms with E-state index < -0.39 is 35.6 Å². The first-order chi connectivity index (χ1) is 15.0. The number of halogens is 4. The smallest absolute Gasteiger partial charge is 0.341 e. The highest BCUT2D eigenvalue weighted by molar-refractivity contribution is 6.42. The van der Waals surface area contributed by atoms with Gasteiger partial charge in [-0.3, -0.25) is 14.4 Å². The molecule has 0 radical (unpaired) electrons. The van der Waals surface area contributed by atoms with Crippen molar-refractivity contribution < 1.29 is 31.9 Å². The van der Waals surface area contributed by atoms with Gasteiger partial charge in [0.1, 0.15) is 17.9 Å². The van der Waals surface area contributed by atoms with Crippen molar-refractivity contribution in [3.05, 3.63) is 52.6 Å². The maximum Gasteiger partial charge on any atom is 0.408 e. The van der Waals surface area contributed by atoms with E-state index in [-0.39, 0.29) is 22.5 Å². The molecule has 0 bridgehead atoms. The summed E-state index contributed by atoms with van der Waals surface area (Å²) in [6.45, 7) is 1.04. The predicted molar refractivity (Wildman–Crippen MR) is 104 cm³/mol. The highest BCUT2D eigenvalue weighted by Crippen LogP contribution is 2.26. The average Bonchev–Trinajstić information content (AvgIpc) is 3.13. The van der Waals surface area contributed by atoms with E-state index in [9.17, 15) is 31.9 Å². The highest BCUT2D eigenvalue weighted by atomic mass is 19.4. The summed E-state index contributed by atoms with van der Waals surface area (Å²) in [5.41, 5.74) is 0.235. The molecule has 0 saturated heterocycles. The fourth-order valence-electron chi connectivity index (χ4n) is 3.41. The molecule has 3 rings (SSSR count). The van der Waals surface area contributed by atoms with Gasteiger partial charge in [-0.15, -0.1) is 0 Å². The number of carbonyl (C=O) groups is 3. The van der Waals surface area contributed by atoms with Crippen LogP contribution in [0.4, 0.5) is 23.2 Å². The molecule has 0 unspecified atom stereocenters. The number of carbonyl (C=O) groups excluding carboxylic acids is 3. The SMILES string of the molecule is C[C@H](NC(=O)C(=O)c1cc(C(=O)Nc2ccc(F)c(C#N)c2)c2n1CCCC2)C(F)(F)F. The quantitative estimate of drug-likeness (QED) is 0.414. The number of hydrogen-bond donors (Lipinski definition) is 2. The number of alkyl halides is 3. The van der Waals surface area contributed by atoms with E-state index in [2.05, 4.69) is 5.32 Å². The normalized spacial score (nSPS) is 14.1. The molecule has 1 atom stereocenters. The van der Waals surface area contributed by atoms with Crippen LogP contribution in [0.15, 0.2) is 24.3 Å². The molecule has 0 fully saturated rings. The molecule has 1 aromatic heterocycles. The van der Waals surface area contributed by atoms with E-state index in [0.29, 0.717) is 31.5 Å². The third-order valence-corrected chi connectivity index (χ3v) is 5.12. The van der Waals surface area contributed by atoms with Crippen molar-refractivity contribution in [2.75, 3.05) is 5.32 Å². The molecular weight excluding hydrogens is 432 g/mol. The lowest BCUT2D eigenvalue weighted by Gasteiger charge is -2.19. The number of benzene rings is 1. The number of ketones is 1. The molecule has 2 aromatic rings. The Morgan fingerprint density at radius 2 is 1.91 bits per heavy atom. The minimum absolute atomic E-state index is 0.0764. The van der Waals surface area contributed by atoms with Gasteiger partial charge in [-0.05, 0) is 50.5 Å². The van der Waals surface area contributed by atoms with Crippen LogP contribution >= 0.6 is 0 Å². The Morgan fingerprint density at radius 1 is 1.19 bits per heavy atom. The number of nitrogens with one attached hydrogen (secondary N) is 2. The van der Waals surface area contributed by atoms with Crippen LogP contribution in [-0.2, 0) is 17.8 Å².